The van der Waals surface area contributed by atoms with Crippen LogP contribution in [0.4, 0.5) is 0 Å². The van der Waals surface area contributed by atoms with E-state index in [0.717, 1.165) is 5.47 Å². The molecule has 0 N–H and O–H groups in total. The van der Waals surface area contributed by atoms with Gasteiger partial charge in [-0.05, 0) is 48.6 Å². The largest absolute Gasteiger partial charge is 0.492 e. The van der Waals surface area contributed by atoms with Crippen LogP contribution in [0.5, 0.6) is 0 Å². The van der Waals surface area contributed by atoms with E-state index in [-0.39, 0.29) is 5.04 Å². The van der Waals surface area contributed by atoms with Gasteiger partial charge in [-0.1, -0.05) is 81.4 Å². The van der Waals surface area contributed by atoms with Gasteiger partial charge in [-0.25, -0.2) is 0 Å². The van der Waals surface area contributed by atoms with Crippen molar-refractivity contribution in [2.75, 3.05) is 6.61 Å². The quantitative estimate of drug-likeness (QED) is 0.629. The minimum absolute atomic E-state index is 0.0775. The van der Waals surface area contributed by atoms with Crippen LogP contribution in [-0.2, 0) is 13.7 Å². The molecule has 3 nitrogen and oxygen atoms in total. The second kappa shape index (κ2) is 8.12. The van der Waals surface area contributed by atoms with E-state index < -0.39 is 26.6 Å². The lowest BCUT2D eigenvalue weighted by Gasteiger charge is -2.43. The molecule has 0 unspecified atom stereocenters. The van der Waals surface area contributed by atoms with Crippen LogP contribution in [-0.4, -0.2) is 33.2 Å². The second-order valence-electron chi connectivity index (χ2n) is 10.2. The van der Waals surface area contributed by atoms with E-state index in [1.165, 1.54) is 10.4 Å². The Morgan fingerprint density at radius 1 is 0.867 bits per heavy atom. The van der Waals surface area contributed by atoms with Gasteiger partial charge in [0.2, 0.25) is 0 Å². The maximum atomic E-state index is 6.96. The summed E-state index contributed by atoms with van der Waals surface area (Å²) in [5, 5.41) is 2.43. The summed E-state index contributed by atoms with van der Waals surface area (Å²) in [6.07, 6.45) is 0. The van der Waals surface area contributed by atoms with Crippen molar-refractivity contribution in [2.24, 2.45) is 0 Å². The summed E-state index contributed by atoms with van der Waals surface area (Å²) in [7, 11) is -3.07. The topological polar surface area (TPSA) is 27.7 Å². The predicted octanol–water partition coefficient (Wildman–Crippen LogP) is 4.75. The van der Waals surface area contributed by atoms with Crippen LogP contribution in [0.2, 0.25) is 5.04 Å². The van der Waals surface area contributed by atoms with Gasteiger partial charge in [0.05, 0.1) is 17.8 Å². The SMILES string of the molecule is C=C(CO[Si](c1ccccc1)(c1ccccc1)C(C)(C)C)B1OC(C)(C)C(C)(C)O1. The van der Waals surface area contributed by atoms with Crippen LogP contribution in [0.3, 0.4) is 0 Å². The van der Waals surface area contributed by atoms with E-state index in [0.29, 0.717) is 6.61 Å². The monoisotopic (exact) mass is 422 g/mol. The van der Waals surface area contributed by atoms with Crippen LogP contribution in [0.1, 0.15) is 48.5 Å². The van der Waals surface area contributed by atoms with E-state index in [9.17, 15) is 0 Å². The minimum Gasteiger partial charge on any atom is -0.404 e. The molecule has 0 radical (unpaired) electrons. The van der Waals surface area contributed by atoms with E-state index in [4.69, 9.17) is 13.7 Å². The lowest BCUT2D eigenvalue weighted by molar-refractivity contribution is 0.00578. The second-order valence-corrected chi connectivity index (χ2v) is 14.5. The molecule has 0 saturated carbocycles. The Morgan fingerprint density at radius 2 is 1.27 bits per heavy atom. The van der Waals surface area contributed by atoms with E-state index in [1.807, 2.05) is 0 Å². The predicted molar refractivity (Wildman–Crippen MR) is 129 cm³/mol. The van der Waals surface area contributed by atoms with E-state index in [1.54, 1.807) is 0 Å². The van der Waals surface area contributed by atoms with Gasteiger partial charge >= 0.3 is 7.12 Å². The highest BCUT2D eigenvalue weighted by molar-refractivity contribution is 6.99. The molecule has 0 aliphatic carbocycles. The first-order valence-electron chi connectivity index (χ1n) is 10.7. The molecule has 5 heteroatoms. The first-order valence-corrected chi connectivity index (χ1v) is 12.6. The van der Waals surface area contributed by atoms with Crippen molar-refractivity contribution < 1.29 is 13.7 Å². The maximum Gasteiger partial charge on any atom is 0.492 e. The average Bonchev–Trinajstić information content (AvgIpc) is 2.90. The van der Waals surface area contributed by atoms with Crippen LogP contribution >= 0.6 is 0 Å². The average molecular weight is 422 g/mol. The summed E-state index contributed by atoms with van der Waals surface area (Å²) in [5.41, 5.74) is 0.0392. The molecule has 0 bridgehead atoms. The molecule has 1 aliphatic rings. The minimum atomic E-state index is -2.61. The Labute approximate surface area is 183 Å². The molecule has 160 valence electrons. The van der Waals surface area contributed by atoms with Gasteiger partial charge in [0.15, 0.2) is 0 Å². The van der Waals surface area contributed by atoms with Crippen molar-refractivity contribution in [1.29, 1.82) is 0 Å². The molecular weight excluding hydrogens is 387 g/mol. The summed E-state index contributed by atoms with van der Waals surface area (Å²) in [6, 6.07) is 21.3. The highest BCUT2D eigenvalue weighted by Gasteiger charge is 2.54. The Morgan fingerprint density at radius 3 is 1.63 bits per heavy atom. The lowest BCUT2D eigenvalue weighted by Crippen LogP contribution is -2.66. The fraction of sp³-hybridized carbons (Fsp3) is 0.440. The Kier molecular flexibility index (Phi) is 6.23. The molecule has 3 rings (SSSR count). The van der Waals surface area contributed by atoms with Gasteiger partial charge in [0.1, 0.15) is 0 Å². The van der Waals surface area contributed by atoms with Gasteiger partial charge in [0, 0.05) is 0 Å². The summed E-state index contributed by atoms with van der Waals surface area (Å²) in [6.45, 7) is 19.7. The van der Waals surface area contributed by atoms with Crippen molar-refractivity contribution in [3.63, 3.8) is 0 Å². The fourth-order valence-corrected chi connectivity index (χ4v) is 8.60. The van der Waals surface area contributed by atoms with Gasteiger partial charge in [-0.2, -0.15) is 0 Å². The Balaban J connectivity index is 1.96. The number of hydrogen-bond acceptors (Lipinski definition) is 3. The van der Waals surface area contributed by atoms with E-state index in [2.05, 4.69) is 116 Å². The highest BCUT2D eigenvalue weighted by Crippen LogP contribution is 2.40. The summed E-state index contributed by atoms with van der Waals surface area (Å²) < 4.78 is 19.4. The van der Waals surface area contributed by atoms with Gasteiger partial charge in [0.25, 0.3) is 8.32 Å². The number of hydrogen-bond donors (Lipinski definition) is 0. The first kappa shape index (κ1) is 23.0. The molecule has 0 aromatic heterocycles. The Hall–Kier alpha value is -1.66. The zero-order valence-corrected chi connectivity index (χ0v) is 20.5. The smallest absolute Gasteiger partial charge is 0.404 e. The summed E-state index contributed by atoms with van der Waals surface area (Å²) in [5.74, 6) is 0. The van der Waals surface area contributed by atoms with Crippen molar-refractivity contribution in [2.45, 2.75) is 64.7 Å². The van der Waals surface area contributed by atoms with Gasteiger partial charge in [-0.15, -0.1) is 6.58 Å². The molecule has 0 amide bonds. The van der Waals surface area contributed by atoms with Crippen molar-refractivity contribution >= 4 is 25.8 Å². The van der Waals surface area contributed by atoms with Crippen LogP contribution in [0, 0.1) is 0 Å². The standard InChI is InChI=1S/C25H35BO3Si/c1-20(26-28-24(5,6)25(7,8)29-26)19-27-30(23(2,3)4,21-15-11-9-12-16-21)22-17-13-10-14-18-22/h9-18H,1,19H2,2-8H3. The molecular formula is C25H35BO3Si. The lowest BCUT2D eigenvalue weighted by atomic mass is 9.80. The van der Waals surface area contributed by atoms with Gasteiger partial charge in [-0.3, -0.25) is 0 Å². The molecule has 1 fully saturated rings. The molecule has 1 aliphatic heterocycles. The molecule has 0 spiro atoms. The normalized spacial score (nSPS) is 18.4. The maximum absolute atomic E-state index is 6.96. The number of rotatable bonds is 6. The van der Waals surface area contributed by atoms with Crippen molar-refractivity contribution in [3.8, 4) is 0 Å². The zero-order valence-electron chi connectivity index (χ0n) is 19.5. The van der Waals surface area contributed by atoms with E-state index >= 15 is 0 Å². The van der Waals surface area contributed by atoms with Crippen molar-refractivity contribution in [3.05, 3.63) is 72.7 Å². The molecule has 2 aromatic carbocycles. The first-order chi connectivity index (χ1) is 13.9. The zero-order chi connectivity index (χ0) is 22.2. The third-order valence-electron chi connectivity index (χ3n) is 6.48. The fourth-order valence-electron chi connectivity index (χ4n) is 4.04. The summed E-state index contributed by atoms with van der Waals surface area (Å²) >= 11 is 0. The third-order valence-corrected chi connectivity index (χ3v) is 11.5. The van der Waals surface area contributed by atoms with Crippen LogP contribution < -0.4 is 10.4 Å². The van der Waals surface area contributed by atoms with Gasteiger partial charge < -0.3 is 13.7 Å². The van der Waals surface area contributed by atoms with Crippen molar-refractivity contribution in [1.82, 2.24) is 0 Å². The molecule has 0 atom stereocenters. The van der Waals surface area contributed by atoms with Crippen LogP contribution in [0.15, 0.2) is 72.7 Å². The third kappa shape index (κ3) is 4.09. The summed E-state index contributed by atoms with van der Waals surface area (Å²) in [4.78, 5) is 0. The number of benzene rings is 2. The molecule has 1 saturated heterocycles. The molecule has 2 aromatic rings. The highest BCUT2D eigenvalue weighted by atomic mass is 28.4. The van der Waals surface area contributed by atoms with Crippen LogP contribution in [0.25, 0.3) is 0 Å². The molecule has 1 heterocycles. The Bertz CT molecular complexity index is 817. The molecule has 30 heavy (non-hydrogen) atoms.